The fourth-order valence-corrected chi connectivity index (χ4v) is 2.18. The van der Waals surface area contributed by atoms with Crippen molar-refractivity contribution in [3.8, 4) is 5.75 Å². The molecule has 0 aliphatic rings. The van der Waals surface area contributed by atoms with Gasteiger partial charge in [0, 0.05) is 13.2 Å². The van der Waals surface area contributed by atoms with Gasteiger partial charge in [-0.25, -0.2) is 9.18 Å². The highest BCUT2D eigenvalue weighted by Crippen LogP contribution is 2.22. The molecular formula is C15H16FN3O4. The van der Waals surface area contributed by atoms with E-state index in [9.17, 15) is 19.1 Å². The van der Waals surface area contributed by atoms with Crippen LogP contribution in [0.5, 0.6) is 5.75 Å². The number of nitrogens with one attached hydrogen (secondary N) is 1. The van der Waals surface area contributed by atoms with Crippen LogP contribution in [0.3, 0.4) is 0 Å². The van der Waals surface area contributed by atoms with Gasteiger partial charge in [-0.1, -0.05) is 6.07 Å². The number of halogens is 1. The van der Waals surface area contributed by atoms with E-state index in [1.54, 1.807) is 14.0 Å². The Kier molecular flexibility index (Phi) is 4.63. The minimum atomic E-state index is -1.39. The van der Waals surface area contributed by atoms with E-state index in [0.717, 1.165) is 6.07 Å². The third-order valence-corrected chi connectivity index (χ3v) is 3.29. The first kappa shape index (κ1) is 16.5. The summed E-state index contributed by atoms with van der Waals surface area (Å²) in [6.45, 7) is 1.64. The summed E-state index contributed by atoms with van der Waals surface area (Å²) in [6, 6.07) is 2.33. The second-order valence-corrected chi connectivity index (χ2v) is 4.94. The average molecular weight is 321 g/mol. The molecular weight excluding hydrogens is 305 g/mol. The Labute approximate surface area is 131 Å². The number of benzene rings is 1. The minimum Gasteiger partial charge on any atom is -0.494 e. The summed E-state index contributed by atoms with van der Waals surface area (Å²) >= 11 is 0. The molecule has 0 saturated carbocycles. The molecule has 0 bridgehead atoms. The van der Waals surface area contributed by atoms with E-state index >= 15 is 0 Å². The van der Waals surface area contributed by atoms with Gasteiger partial charge < -0.3 is 15.2 Å². The van der Waals surface area contributed by atoms with Crippen molar-refractivity contribution in [2.45, 2.75) is 13.0 Å². The Morgan fingerprint density at radius 1 is 1.43 bits per heavy atom. The van der Waals surface area contributed by atoms with E-state index in [1.165, 1.54) is 30.1 Å². The molecule has 1 aromatic heterocycles. The second-order valence-electron chi connectivity index (χ2n) is 4.94. The van der Waals surface area contributed by atoms with Crippen LogP contribution >= 0.6 is 0 Å². The second kappa shape index (κ2) is 6.47. The topological polar surface area (TPSA) is 93.5 Å². The highest BCUT2D eigenvalue weighted by atomic mass is 19.1. The summed E-state index contributed by atoms with van der Waals surface area (Å²) in [4.78, 5) is 23.7. The molecule has 7 nitrogen and oxygen atoms in total. The number of hydrogen-bond donors (Lipinski definition) is 2. The number of aromatic nitrogens is 2. The summed E-state index contributed by atoms with van der Waals surface area (Å²) < 4.78 is 20.0. The summed E-state index contributed by atoms with van der Waals surface area (Å²) in [6.07, 6.45) is 1.48. The SMILES string of the molecule is COc1ccc(C(NC(=O)c2cn(C)nc2C)C(=O)O)cc1F. The number of rotatable bonds is 5. The number of amides is 1. The molecule has 0 aliphatic carbocycles. The van der Waals surface area contributed by atoms with Crippen LogP contribution in [0.4, 0.5) is 4.39 Å². The number of aliphatic carboxylic acids is 1. The van der Waals surface area contributed by atoms with E-state index in [-0.39, 0.29) is 16.9 Å². The van der Waals surface area contributed by atoms with Gasteiger partial charge in [-0.05, 0) is 24.6 Å². The van der Waals surface area contributed by atoms with Gasteiger partial charge in [-0.3, -0.25) is 9.48 Å². The van der Waals surface area contributed by atoms with Gasteiger partial charge in [0.2, 0.25) is 0 Å². The van der Waals surface area contributed by atoms with Crippen molar-refractivity contribution >= 4 is 11.9 Å². The lowest BCUT2D eigenvalue weighted by Crippen LogP contribution is -2.34. The van der Waals surface area contributed by atoms with E-state index in [1.807, 2.05) is 0 Å². The monoisotopic (exact) mass is 321 g/mol. The normalized spacial score (nSPS) is 11.8. The first-order valence-corrected chi connectivity index (χ1v) is 6.70. The fraction of sp³-hybridized carbons (Fsp3) is 0.267. The van der Waals surface area contributed by atoms with Crippen LogP contribution in [-0.4, -0.2) is 33.9 Å². The maximum absolute atomic E-state index is 13.8. The lowest BCUT2D eigenvalue weighted by Gasteiger charge is -2.15. The first-order chi connectivity index (χ1) is 10.8. The van der Waals surface area contributed by atoms with Crippen molar-refractivity contribution in [2.24, 2.45) is 7.05 Å². The van der Waals surface area contributed by atoms with Crippen LogP contribution in [0.1, 0.15) is 27.7 Å². The Morgan fingerprint density at radius 3 is 2.61 bits per heavy atom. The summed E-state index contributed by atoms with van der Waals surface area (Å²) in [5, 5.41) is 15.7. The molecule has 2 N–H and O–H groups in total. The smallest absolute Gasteiger partial charge is 0.330 e. The first-order valence-electron chi connectivity index (χ1n) is 6.70. The molecule has 1 aromatic carbocycles. The molecule has 0 spiro atoms. The highest BCUT2D eigenvalue weighted by Gasteiger charge is 2.25. The van der Waals surface area contributed by atoms with Gasteiger partial charge in [0.05, 0.1) is 18.4 Å². The average Bonchev–Trinajstić information content (AvgIpc) is 2.83. The van der Waals surface area contributed by atoms with Crippen molar-refractivity contribution < 1.29 is 23.8 Å². The van der Waals surface area contributed by atoms with Gasteiger partial charge in [-0.15, -0.1) is 0 Å². The molecule has 122 valence electrons. The summed E-state index contributed by atoms with van der Waals surface area (Å²) in [5.41, 5.74) is 0.827. The van der Waals surface area contributed by atoms with E-state index in [0.29, 0.717) is 5.69 Å². The lowest BCUT2D eigenvalue weighted by molar-refractivity contribution is -0.139. The fourth-order valence-electron chi connectivity index (χ4n) is 2.18. The zero-order chi connectivity index (χ0) is 17.1. The molecule has 0 fully saturated rings. The number of carboxylic acid groups (broad SMARTS) is 1. The van der Waals surface area contributed by atoms with Gasteiger partial charge in [0.15, 0.2) is 17.6 Å². The van der Waals surface area contributed by atoms with Crippen molar-refractivity contribution in [1.29, 1.82) is 0 Å². The van der Waals surface area contributed by atoms with Crippen LogP contribution in [0.15, 0.2) is 24.4 Å². The van der Waals surface area contributed by atoms with Crippen molar-refractivity contribution in [3.05, 3.63) is 47.0 Å². The predicted molar refractivity (Wildman–Crippen MR) is 78.7 cm³/mol. The van der Waals surface area contributed by atoms with Gasteiger partial charge >= 0.3 is 5.97 Å². The Hall–Kier alpha value is -2.90. The van der Waals surface area contributed by atoms with E-state index < -0.39 is 23.7 Å². The summed E-state index contributed by atoms with van der Waals surface area (Å²) in [5.74, 6) is -2.61. The maximum atomic E-state index is 13.8. The molecule has 0 saturated heterocycles. The number of hydrogen-bond acceptors (Lipinski definition) is 4. The number of carbonyl (C=O) groups excluding carboxylic acids is 1. The van der Waals surface area contributed by atoms with Crippen LogP contribution in [0, 0.1) is 12.7 Å². The number of carboxylic acids is 1. The van der Waals surface area contributed by atoms with Crippen LogP contribution < -0.4 is 10.1 Å². The predicted octanol–water partition coefficient (Wildman–Crippen LogP) is 1.43. The van der Waals surface area contributed by atoms with Crippen LogP contribution in [-0.2, 0) is 11.8 Å². The molecule has 1 unspecified atom stereocenters. The number of aryl methyl sites for hydroxylation is 2. The minimum absolute atomic E-state index is 0.00711. The molecule has 0 radical (unpaired) electrons. The van der Waals surface area contributed by atoms with Crippen molar-refractivity contribution in [3.63, 3.8) is 0 Å². The number of carbonyl (C=O) groups is 2. The largest absolute Gasteiger partial charge is 0.494 e. The molecule has 8 heteroatoms. The van der Waals surface area contributed by atoms with Crippen LogP contribution in [0.25, 0.3) is 0 Å². The Balaban J connectivity index is 2.29. The highest BCUT2D eigenvalue weighted by molar-refractivity contribution is 5.97. The van der Waals surface area contributed by atoms with Gasteiger partial charge in [0.1, 0.15) is 0 Å². The third kappa shape index (κ3) is 3.47. The third-order valence-electron chi connectivity index (χ3n) is 3.29. The molecule has 1 amide bonds. The Bertz CT molecular complexity index is 757. The molecule has 1 atom stereocenters. The molecule has 23 heavy (non-hydrogen) atoms. The zero-order valence-electron chi connectivity index (χ0n) is 12.8. The van der Waals surface area contributed by atoms with Crippen molar-refractivity contribution in [2.75, 3.05) is 7.11 Å². The van der Waals surface area contributed by atoms with Crippen LogP contribution in [0.2, 0.25) is 0 Å². The summed E-state index contributed by atoms with van der Waals surface area (Å²) in [7, 11) is 2.96. The van der Waals surface area contributed by atoms with Gasteiger partial charge in [-0.2, -0.15) is 5.10 Å². The van der Waals surface area contributed by atoms with E-state index in [2.05, 4.69) is 10.4 Å². The number of nitrogens with zero attached hydrogens (tertiary/aromatic N) is 2. The van der Waals surface area contributed by atoms with Crippen molar-refractivity contribution in [1.82, 2.24) is 15.1 Å². The quantitative estimate of drug-likeness (QED) is 0.869. The van der Waals surface area contributed by atoms with E-state index in [4.69, 9.17) is 4.74 Å². The lowest BCUT2D eigenvalue weighted by atomic mass is 10.1. The zero-order valence-corrected chi connectivity index (χ0v) is 12.8. The molecule has 1 heterocycles. The molecule has 2 aromatic rings. The molecule has 2 rings (SSSR count). The maximum Gasteiger partial charge on any atom is 0.330 e. The number of ether oxygens (including phenoxy) is 1. The number of methoxy groups -OCH3 is 1. The van der Waals surface area contributed by atoms with Gasteiger partial charge in [0.25, 0.3) is 5.91 Å². The Morgan fingerprint density at radius 2 is 2.13 bits per heavy atom. The molecule has 0 aliphatic heterocycles. The standard InChI is InChI=1S/C15H16FN3O4/c1-8-10(7-19(2)18-8)14(20)17-13(15(21)22)9-4-5-12(23-3)11(16)6-9/h4-7,13H,1-3H3,(H,17,20)(H,21,22).